The summed E-state index contributed by atoms with van der Waals surface area (Å²) in [6.45, 7) is 0.339. The number of carbonyl (C=O) groups is 1. The van der Waals surface area contributed by atoms with Crippen molar-refractivity contribution in [3.05, 3.63) is 33.2 Å². The van der Waals surface area contributed by atoms with Gasteiger partial charge in [-0.25, -0.2) is 0 Å². The molecule has 11 heteroatoms. The number of nitrogens with zero attached hydrogens (tertiary/aromatic N) is 2. The van der Waals surface area contributed by atoms with Crippen LogP contribution in [0.5, 0.6) is 10.9 Å². The normalized spacial score (nSPS) is 11.3. The molecule has 0 aliphatic rings. The Balaban J connectivity index is 1.80. The van der Waals surface area contributed by atoms with E-state index in [2.05, 4.69) is 26.1 Å². The highest BCUT2D eigenvalue weighted by Gasteiger charge is 2.31. The third kappa shape index (κ3) is 5.06. The zero-order valence-electron chi connectivity index (χ0n) is 12.0. The minimum Gasteiger partial charge on any atom is -0.492 e. The zero-order valence-corrected chi connectivity index (χ0v) is 14.4. The van der Waals surface area contributed by atoms with Crippen LogP contribution < -0.4 is 15.2 Å². The maximum absolute atomic E-state index is 12.7. The number of nitrogens with two attached hydrogens (primary N) is 1. The van der Waals surface area contributed by atoms with Crippen LogP contribution in [0.25, 0.3) is 0 Å². The van der Waals surface area contributed by atoms with Crippen LogP contribution in [0.1, 0.15) is 21.8 Å². The Bertz CT molecular complexity index is 724. The van der Waals surface area contributed by atoms with E-state index in [9.17, 15) is 18.0 Å². The summed E-state index contributed by atoms with van der Waals surface area (Å²) in [4.78, 5) is 10.8. The van der Waals surface area contributed by atoms with Gasteiger partial charge in [-0.15, -0.1) is 5.10 Å². The van der Waals surface area contributed by atoms with Crippen LogP contribution in [-0.4, -0.2) is 29.3 Å². The van der Waals surface area contributed by atoms with E-state index in [1.54, 1.807) is 0 Å². The van der Waals surface area contributed by atoms with Crippen molar-refractivity contribution in [3.8, 4) is 10.9 Å². The minimum atomic E-state index is -4.43. The van der Waals surface area contributed by atoms with Gasteiger partial charge < -0.3 is 15.2 Å². The standard InChI is InChI=1S/C13H11BrF3N3O3S/c14-8-3-2-7(13(15,16)17)6-9(8)22-4-1-5-23-12-20-19-11(24-12)10(18)21/h2-3,6H,1,4-5H2,(H2,18,21). The van der Waals surface area contributed by atoms with Crippen molar-refractivity contribution >= 4 is 33.2 Å². The molecule has 1 heterocycles. The molecule has 0 unspecified atom stereocenters. The predicted octanol–water partition coefficient (Wildman–Crippen LogP) is 3.27. The summed E-state index contributed by atoms with van der Waals surface area (Å²) in [5.41, 5.74) is 4.25. The van der Waals surface area contributed by atoms with Crippen LogP contribution >= 0.6 is 27.3 Å². The van der Waals surface area contributed by atoms with Crippen molar-refractivity contribution in [3.63, 3.8) is 0 Å². The van der Waals surface area contributed by atoms with E-state index in [0.29, 0.717) is 10.9 Å². The third-order valence-electron chi connectivity index (χ3n) is 2.65. The lowest BCUT2D eigenvalue weighted by atomic mass is 10.2. The van der Waals surface area contributed by atoms with Gasteiger partial charge in [-0.1, -0.05) is 5.10 Å². The Morgan fingerprint density at radius 1 is 1.25 bits per heavy atom. The first-order chi connectivity index (χ1) is 11.3. The number of amides is 1. The summed E-state index contributed by atoms with van der Waals surface area (Å²) in [6.07, 6.45) is -4.04. The third-order valence-corrected chi connectivity index (χ3v) is 4.15. The number of benzene rings is 1. The van der Waals surface area contributed by atoms with E-state index >= 15 is 0 Å². The van der Waals surface area contributed by atoms with Gasteiger partial charge in [0.1, 0.15) is 5.75 Å². The highest BCUT2D eigenvalue weighted by molar-refractivity contribution is 9.10. The van der Waals surface area contributed by atoms with Gasteiger partial charge in [-0.05, 0) is 45.5 Å². The van der Waals surface area contributed by atoms with Gasteiger partial charge in [-0.2, -0.15) is 13.2 Å². The number of ether oxygens (including phenoxy) is 2. The first kappa shape index (κ1) is 18.5. The molecule has 2 rings (SSSR count). The molecule has 0 atom stereocenters. The SMILES string of the molecule is NC(=O)c1nnc(OCCCOc2cc(C(F)(F)F)ccc2Br)s1. The van der Waals surface area contributed by atoms with E-state index in [4.69, 9.17) is 15.2 Å². The fraction of sp³-hybridized carbons (Fsp3) is 0.308. The first-order valence-electron chi connectivity index (χ1n) is 6.53. The first-order valence-corrected chi connectivity index (χ1v) is 8.14. The number of hydrogen-bond donors (Lipinski definition) is 1. The number of alkyl halides is 3. The molecule has 0 fully saturated rings. The van der Waals surface area contributed by atoms with Gasteiger partial charge >= 0.3 is 6.18 Å². The lowest BCUT2D eigenvalue weighted by Gasteiger charge is -2.12. The molecule has 0 bridgehead atoms. The fourth-order valence-corrected chi connectivity index (χ4v) is 2.49. The van der Waals surface area contributed by atoms with Gasteiger partial charge in [0.25, 0.3) is 11.1 Å². The van der Waals surface area contributed by atoms with E-state index < -0.39 is 17.6 Å². The summed E-state index contributed by atoms with van der Waals surface area (Å²) >= 11 is 4.05. The smallest absolute Gasteiger partial charge is 0.416 e. The van der Waals surface area contributed by atoms with Crippen LogP contribution in [-0.2, 0) is 6.18 Å². The van der Waals surface area contributed by atoms with Crippen molar-refractivity contribution < 1.29 is 27.4 Å². The molecule has 1 aromatic heterocycles. The Labute approximate surface area is 146 Å². The van der Waals surface area contributed by atoms with Crippen LogP contribution in [0, 0.1) is 0 Å². The second-order valence-electron chi connectivity index (χ2n) is 4.43. The average Bonchev–Trinajstić information content (AvgIpc) is 2.96. The minimum absolute atomic E-state index is 0.0362. The van der Waals surface area contributed by atoms with Crippen LogP contribution in [0.2, 0.25) is 0 Å². The van der Waals surface area contributed by atoms with Crippen molar-refractivity contribution in [2.75, 3.05) is 13.2 Å². The predicted molar refractivity (Wildman–Crippen MR) is 83.2 cm³/mol. The highest BCUT2D eigenvalue weighted by atomic mass is 79.9. The number of carbonyl (C=O) groups excluding carboxylic acids is 1. The number of hydrogen-bond acceptors (Lipinski definition) is 6. The molecule has 6 nitrogen and oxygen atoms in total. The zero-order chi connectivity index (χ0) is 17.7. The summed E-state index contributed by atoms with van der Waals surface area (Å²) in [5.74, 6) is -0.600. The number of primary amides is 1. The van der Waals surface area contributed by atoms with Crippen LogP contribution in [0.4, 0.5) is 13.2 Å². The molecule has 0 aliphatic heterocycles. The molecular weight excluding hydrogens is 415 g/mol. The summed E-state index contributed by atoms with van der Waals surface area (Å²) in [5, 5.41) is 7.37. The van der Waals surface area contributed by atoms with Crippen LogP contribution in [0.3, 0.4) is 0 Å². The topological polar surface area (TPSA) is 87.3 Å². The van der Waals surface area contributed by atoms with Crippen molar-refractivity contribution in [2.45, 2.75) is 12.6 Å². The Morgan fingerprint density at radius 2 is 1.96 bits per heavy atom. The van der Waals surface area contributed by atoms with E-state index in [1.165, 1.54) is 6.07 Å². The molecule has 1 amide bonds. The monoisotopic (exact) mass is 425 g/mol. The summed E-state index contributed by atoms with van der Waals surface area (Å²) in [7, 11) is 0. The largest absolute Gasteiger partial charge is 0.492 e. The Morgan fingerprint density at radius 3 is 2.58 bits per heavy atom. The maximum Gasteiger partial charge on any atom is 0.416 e. The number of halogens is 4. The number of aromatic nitrogens is 2. The molecule has 2 N–H and O–H groups in total. The molecule has 0 spiro atoms. The van der Waals surface area contributed by atoms with Crippen molar-refractivity contribution in [1.82, 2.24) is 10.2 Å². The lowest BCUT2D eigenvalue weighted by Crippen LogP contribution is -2.10. The second-order valence-corrected chi connectivity index (χ2v) is 6.23. The molecule has 0 saturated heterocycles. The van der Waals surface area contributed by atoms with E-state index in [1.807, 2.05) is 0 Å². The van der Waals surface area contributed by atoms with Crippen molar-refractivity contribution in [1.29, 1.82) is 0 Å². The van der Waals surface area contributed by atoms with E-state index in [0.717, 1.165) is 23.5 Å². The van der Waals surface area contributed by atoms with Crippen LogP contribution in [0.15, 0.2) is 22.7 Å². The highest BCUT2D eigenvalue weighted by Crippen LogP contribution is 2.35. The maximum atomic E-state index is 12.7. The van der Waals surface area contributed by atoms with Gasteiger partial charge in [0, 0.05) is 6.42 Å². The molecule has 0 radical (unpaired) electrons. The van der Waals surface area contributed by atoms with Gasteiger partial charge in [0.2, 0.25) is 5.01 Å². The van der Waals surface area contributed by atoms with Crippen molar-refractivity contribution in [2.24, 2.45) is 5.73 Å². The summed E-state index contributed by atoms with van der Waals surface area (Å²) in [6, 6.07) is 3.17. The second kappa shape index (κ2) is 7.79. The molecule has 2 aromatic rings. The molecular formula is C13H11BrF3N3O3S. The van der Waals surface area contributed by atoms with Gasteiger partial charge in [0.15, 0.2) is 0 Å². The van der Waals surface area contributed by atoms with Gasteiger partial charge in [0.05, 0.1) is 23.2 Å². The van der Waals surface area contributed by atoms with E-state index in [-0.39, 0.29) is 29.2 Å². The Kier molecular flexibility index (Phi) is 5.99. The molecule has 1 aromatic carbocycles. The molecule has 130 valence electrons. The fourth-order valence-electron chi connectivity index (χ4n) is 1.56. The number of rotatable bonds is 7. The molecule has 0 saturated carbocycles. The quantitative estimate of drug-likeness (QED) is 0.687. The Hall–Kier alpha value is -1.88. The summed E-state index contributed by atoms with van der Waals surface area (Å²) < 4.78 is 49.0. The lowest BCUT2D eigenvalue weighted by molar-refractivity contribution is -0.137. The van der Waals surface area contributed by atoms with Gasteiger partial charge in [-0.3, -0.25) is 4.79 Å². The average molecular weight is 426 g/mol. The molecule has 0 aliphatic carbocycles. The molecule has 24 heavy (non-hydrogen) atoms.